The number of hydrogen-bond donors (Lipinski definition) is 1. The Hall–Kier alpha value is -2.54. The highest BCUT2D eigenvalue weighted by Crippen LogP contribution is 2.42. The average molecular weight is 458 g/mol. The van der Waals surface area contributed by atoms with E-state index in [2.05, 4.69) is 40.5 Å². The molecular weight excluding hydrogens is 427 g/mol. The Labute approximate surface area is 192 Å². The molecule has 176 valence electrons. The van der Waals surface area contributed by atoms with E-state index in [0.29, 0.717) is 37.2 Å². The lowest BCUT2D eigenvalue weighted by atomic mass is 9.77. The molecule has 3 fully saturated rings. The summed E-state index contributed by atoms with van der Waals surface area (Å²) in [6.07, 6.45) is 1.83. The highest BCUT2D eigenvalue weighted by Gasteiger charge is 2.51. The molecule has 2 aliphatic heterocycles. The van der Waals surface area contributed by atoms with Crippen LogP contribution in [0.3, 0.4) is 0 Å². The van der Waals surface area contributed by atoms with E-state index in [9.17, 15) is 18.0 Å². The molecule has 2 aromatic carbocycles. The Morgan fingerprint density at radius 3 is 2.24 bits per heavy atom. The number of amides is 1. The first-order valence-electron chi connectivity index (χ1n) is 11.9. The summed E-state index contributed by atoms with van der Waals surface area (Å²) in [4.78, 5) is 17.5. The van der Waals surface area contributed by atoms with Crippen LogP contribution in [-0.2, 0) is 11.0 Å². The number of carbonyl (C=O) groups excluding carboxylic acids is 1. The minimum absolute atomic E-state index is 0.00898. The van der Waals surface area contributed by atoms with Crippen molar-refractivity contribution >= 4 is 11.6 Å². The van der Waals surface area contributed by atoms with Gasteiger partial charge < -0.3 is 10.2 Å². The molecule has 1 amide bonds. The van der Waals surface area contributed by atoms with Crippen LogP contribution in [0.4, 0.5) is 18.9 Å². The number of rotatable bonds is 3. The van der Waals surface area contributed by atoms with Crippen LogP contribution in [0.25, 0.3) is 0 Å². The largest absolute Gasteiger partial charge is 0.416 e. The van der Waals surface area contributed by atoms with Crippen molar-refractivity contribution in [1.29, 1.82) is 0 Å². The van der Waals surface area contributed by atoms with Gasteiger partial charge in [0.05, 0.1) is 12.2 Å². The van der Waals surface area contributed by atoms with E-state index in [4.69, 9.17) is 0 Å². The van der Waals surface area contributed by atoms with E-state index in [1.165, 1.54) is 43.4 Å². The maximum atomic E-state index is 13.0. The normalized spacial score (nSPS) is 25.9. The van der Waals surface area contributed by atoms with Gasteiger partial charge in [0.1, 0.15) is 5.54 Å². The Morgan fingerprint density at radius 1 is 0.909 bits per heavy atom. The maximum Gasteiger partial charge on any atom is 0.416 e. The molecule has 1 saturated carbocycles. The molecule has 3 aliphatic rings. The second-order valence-electron chi connectivity index (χ2n) is 9.57. The Balaban J connectivity index is 1.33. The summed E-state index contributed by atoms with van der Waals surface area (Å²) in [5.74, 6) is 0.503. The number of alkyl halides is 3. The zero-order valence-electron chi connectivity index (χ0n) is 18.7. The first-order chi connectivity index (χ1) is 15.9. The van der Waals surface area contributed by atoms with Gasteiger partial charge in [-0.15, -0.1) is 0 Å². The van der Waals surface area contributed by atoms with Gasteiger partial charge in [-0.1, -0.05) is 43.2 Å². The van der Waals surface area contributed by atoms with Crippen molar-refractivity contribution in [3.8, 4) is 0 Å². The number of benzene rings is 2. The SMILES string of the molecule is O=C1NCN(c2ccc(C(F)(F)F)cc2)C12CCN(C1CCCCC1c1ccccc1)CC2. The monoisotopic (exact) mass is 457 g/mol. The summed E-state index contributed by atoms with van der Waals surface area (Å²) >= 11 is 0. The van der Waals surface area contributed by atoms with Crippen molar-refractivity contribution in [2.45, 2.75) is 62.2 Å². The van der Waals surface area contributed by atoms with Gasteiger partial charge in [0.15, 0.2) is 0 Å². The van der Waals surface area contributed by atoms with Crippen LogP contribution < -0.4 is 10.2 Å². The minimum atomic E-state index is -4.37. The summed E-state index contributed by atoms with van der Waals surface area (Å²) in [6, 6.07) is 16.4. The van der Waals surface area contributed by atoms with Gasteiger partial charge in [-0.25, -0.2) is 0 Å². The standard InChI is InChI=1S/C26H30F3N3O/c27-26(28,29)20-10-12-21(13-11-20)32-18-30-24(33)25(32)14-16-31(17-15-25)23-9-5-4-8-22(23)19-6-2-1-3-7-19/h1-3,6-7,10-13,22-23H,4-5,8-9,14-18H2,(H,30,33). The predicted octanol–water partition coefficient (Wildman–Crippen LogP) is 5.16. The van der Waals surface area contributed by atoms with Gasteiger partial charge >= 0.3 is 6.18 Å². The zero-order chi connectivity index (χ0) is 23.1. The van der Waals surface area contributed by atoms with Crippen LogP contribution in [0.5, 0.6) is 0 Å². The number of nitrogens with one attached hydrogen (secondary N) is 1. The molecule has 5 rings (SSSR count). The summed E-state index contributed by atoms with van der Waals surface area (Å²) in [6.45, 7) is 1.97. The van der Waals surface area contributed by atoms with Crippen molar-refractivity contribution in [3.63, 3.8) is 0 Å². The number of likely N-dealkylation sites (tertiary alicyclic amines) is 1. The average Bonchev–Trinajstić information content (AvgIpc) is 3.15. The van der Waals surface area contributed by atoms with Gasteiger partial charge in [-0.2, -0.15) is 13.2 Å². The molecule has 2 atom stereocenters. The van der Waals surface area contributed by atoms with Crippen LogP contribution in [0.1, 0.15) is 55.6 Å². The number of carbonyl (C=O) groups is 1. The van der Waals surface area contributed by atoms with E-state index in [1.807, 2.05) is 4.90 Å². The van der Waals surface area contributed by atoms with Crippen molar-refractivity contribution < 1.29 is 18.0 Å². The summed E-state index contributed by atoms with van der Waals surface area (Å²) in [5.41, 5.74) is 0.702. The lowest BCUT2D eigenvalue weighted by molar-refractivity contribution is -0.137. The third-order valence-corrected chi connectivity index (χ3v) is 7.89. The maximum absolute atomic E-state index is 13.0. The van der Waals surface area contributed by atoms with Crippen molar-refractivity contribution in [2.24, 2.45) is 0 Å². The molecule has 2 unspecified atom stereocenters. The first-order valence-corrected chi connectivity index (χ1v) is 11.9. The first kappa shape index (κ1) is 22.3. The molecule has 0 radical (unpaired) electrons. The van der Waals surface area contributed by atoms with Gasteiger partial charge in [0.25, 0.3) is 0 Å². The second-order valence-corrected chi connectivity index (χ2v) is 9.57. The lowest BCUT2D eigenvalue weighted by Gasteiger charge is -2.48. The lowest BCUT2D eigenvalue weighted by Crippen LogP contribution is -2.58. The van der Waals surface area contributed by atoms with Crippen LogP contribution in [0, 0.1) is 0 Å². The summed E-state index contributed by atoms with van der Waals surface area (Å²) < 4.78 is 39.0. The summed E-state index contributed by atoms with van der Waals surface area (Å²) in [5, 5.41) is 2.95. The van der Waals surface area contributed by atoms with Crippen molar-refractivity contribution in [1.82, 2.24) is 10.2 Å². The Bertz CT molecular complexity index is 969. The molecule has 4 nitrogen and oxygen atoms in total. The smallest absolute Gasteiger partial charge is 0.339 e. The molecule has 0 aromatic heterocycles. The van der Waals surface area contributed by atoms with E-state index >= 15 is 0 Å². The molecule has 2 saturated heterocycles. The fraction of sp³-hybridized carbons (Fsp3) is 0.500. The molecule has 2 aromatic rings. The van der Waals surface area contributed by atoms with Gasteiger partial charge in [0, 0.05) is 24.8 Å². The highest BCUT2D eigenvalue weighted by atomic mass is 19.4. The van der Waals surface area contributed by atoms with Crippen molar-refractivity contribution in [3.05, 3.63) is 65.7 Å². The van der Waals surface area contributed by atoms with E-state index < -0.39 is 17.3 Å². The van der Waals surface area contributed by atoms with E-state index in [-0.39, 0.29) is 5.91 Å². The number of piperidine rings is 1. The highest BCUT2D eigenvalue weighted by molar-refractivity contribution is 5.93. The third-order valence-electron chi connectivity index (χ3n) is 7.89. The van der Waals surface area contributed by atoms with Crippen LogP contribution >= 0.6 is 0 Å². The fourth-order valence-electron chi connectivity index (χ4n) is 6.12. The number of nitrogens with zero attached hydrogens (tertiary/aromatic N) is 2. The van der Waals surface area contributed by atoms with E-state index in [0.717, 1.165) is 25.2 Å². The van der Waals surface area contributed by atoms with Crippen molar-refractivity contribution in [2.75, 3.05) is 24.7 Å². The fourth-order valence-corrected chi connectivity index (χ4v) is 6.12. The van der Waals surface area contributed by atoms with Crippen LogP contribution in [0.15, 0.2) is 54.6 Å². The van der Waals surface area contributed by atoms with Crippen LogP contribution in [0.2, 0.25) is 0 Å². The van der Waals surface area contributed by atoms with E-state index in [1.54, 1.807) is 0 Å². The third kappa shape index (κ3) is 4.12. The van der Waals surface area contributed by atoms with Gasteiger partial charge in [-0.05, 0) is 61.4 Å². The molecule has 33 heavy (non-hydrogen) atoms. The molecule has 1 aliphatic carbocycles. The molecule has 1 N–H and O–H groups in total. The Kier molecular flexibility index (Phi) is 5.85. The van der Waals surface area contributed by atoms with Crippen LogP contribution in [-0.4, -0.2) is 42.1 Å². The summed E-state index contributed by atoms with van der Waals surface area (Å²) in [7, 11) is 0. The molecule has 7 heteroatoms. The molecular formula is C26H30F3N3O. The Morgan fingerprint density at radius 2 is 1.58 bits per heavy atom. The van der Waals surface area contributed by atoms with Gasteiger partial charge in [0.2, 0.25) is 5.91 Å². The predicted molar refractivity (Wildman–Crippen MR) is 122 cm³/mol. The second kappa shape index (κ2) is 8.67. The quantitative estimate of drug-likeness (QED) is 0.692. The molecule has 1 spiro atoms. The zero-order valence-corrected chi connectivity index (χ0v) is 18.7. The number of halogens is 3. The van der Waals surface area contributed by atoms with Gasteiger partial charge in [-0.3, -0.25) is 9.69 Å². The number of hydrogen-bond acceptors (Lipinski definition) is 3. The molecule has 2 heterocycles. The topological polar surface area (TPSA) is 35.6 Å². The number of anilines is 1. The molecule has 0 bridgehead atoms. The minimum Gasteiger partial charge on any atom is -0.339 e.